The molecule has 3 unspecified atom stereocenters. The van der Waals surface area contributed by atoms with Crippen LogP contribution in [0.5, 0.6) is 0 Å². The Kier molecular flexibility index (Phi) is 10.4. The summed E-state index contributed by atoms with van der Waals surface area (Å²) in [5.41, 5.74) is 11.1. The Hall–Kier alpha value is -1.85. The van der Waals surface area contributed by atoms with Gasteiger partial charge in [-0.1, -0.05) is 34.1 Å². The second kappa shape index (κ2) is 12.0. The molecule has 0 bridgehead atoms. The fraction of sp³-hybridized carbons (Fsp3) is 0.778. The van der Waals surface area contributed by atoms with Gasteiger partial charge in [0.25, 0.3) is 5.91 Å². The molecule has 1 saturated heterocycles. The van der Waals surface area contributed by atoms with Gasteiger partial charge in [-0.05, 0) is 18.3 Å². The lowest BCUT2D eigenvalue weighted by atomic mass is 9.99. The molecule has 1 aliphatic heterocycles. The summed E-state index contributed by atoms with van der Waals surface area (Å²) in [4.78, 5) is 49.0. The number of carboxylic acids is 1. The highest BCUT2D eigenvalue weighted by Gasteiger charge is 2.31. The predicted molar refractivity (Wildman–Crippen MR) is 111 cm³/mol. The van der Waals surface area contributed by atoms with E-state index < -0.39 is 47.9 Å². The Morgan fingerprint density at radius 1 is 1.24 bits per heavy atom. The molecule has 1 fully saturated rings. The minimum absolute atomic E-state index is 0.0554. The monoisotopic (exact) mass is 431 g/mol. The number of hydrazine groups is 1. The zero-order valence-corrected chi connectivity index (χ0v) is 18.2. The van der Waals surface area contributed by atoms with Gasteiger partial charge in [0, 0.05) is 11.5 Å². The van der Waals surface area contributed by atoms with E-state index in [4.69, 9.17) is 5.73 Å². The molecule has 166 valence electrons. The molecular formula is C18H33N5O5S. The van der Waals surface area contributed by atoms with Crippen molar-refractivity contribution in [2.75, 3.05) is 11.5 Å². The summed E-state index contributed by atoms with van der Waals surface area (Å²) in [6.07, 6.45) is 1.11. The van der Waals surface area contributed by atoms with Gasteiger partial charge in [0.15, 0.2) is 0 Å². The molecule has 0 spiro atoms. The largest absolute Gasteiger partial charge is 0.480 e. The molecule has 0 saturated carbocycles. The van der Waals surface area contributed by atoms with E-state index in [-0.39, 0.29) is 23.3 Å². The summed E-state index contributed by atoms with van der Waals surface area (Å²) >= 11 is 1.15. The van der Waals surface area contributed by atoms with E-state index in [9.17, 15) is 24.3 Å². The van der Waals surface area contributed by atoms with Crippen LogP contribution in [0.1, 0.15) is 40.5 Å². The van der Waals surface area contributed by atoms with Crippen LogP contribution in [-0.2, 0) is 19.2 Å². The van der Waals surface area contributed by atoms with E-state index in [1.807, 2.05) is 27.7 Å². The molecular weight excluding hydrogens is 398 g/mol. The van der Waals surface area contributed by atoms with Gasteiger partial charge in [0.2, 0.25) is 11.8 Å². The third-order valence-electron chi connectivity index (χ3n) is 4.77. The first-order chi connectivity index (χ1) is 13.6. The smallest absolute Gasteiger partial charge is 0.327 e. The van der Waals surface area contributed by atoms with Crippen LogP contribution >= 0.6 is 11.8 Å². The van der Waals surface area contributed by atoms with Gasteiger partial charge in [0.1, 0.15) is 18.1 Å². The molecule has 5 atom stereocenters. The van der Waals surface area contributed by atoms with Crippen LogP contribution in [0.15, 0.2) is 0 Å². The number of carboxylic acid groups (broad SMARTS) is 1. The molecule has 1 rings (SSSR count). The van der Waals surface area contributed by atoms with Gasteiger partial charge in [-0.2, -0.15) is 11.8 Å². The van der Waals surface area contributed by atoms with E-state index >= 15 is 0 Å². The maximum Gasteiger partial charge on any atom is 0.327 e. The minimum Gasteiger partial charge on any atom is -0.480 e. The average molecular weight is 432 g/mol. The fourth-order valence-electron chi connectivity index (χ4n) is 2.66. The van der Waals surface area contributed by atoms with Gasteiger partial charge in [0.05, 0.1) is 6.04 Å². The molecule has 1 heterocycles. The van der Waals surface area contributed by atoms with Crippen LogP contribution in [0.4, 0.5) is 0 Å². The highest BCUT2D eigenvalue weighted by Crippen LogP contribution is 2.11. The first-order valence-electron chi connectivity index (χ1n) is 9.79. The van der Waals surface area contributed by atoms with Crippen molar-refractivity contribution in [3.05, 3.63) is 0 Å². The Bertz CT molecular complexity index is 603. The Morgan fingerprint density at radius 2 is 1.90 bits per heavy atom. The lowest BCUT2D eigenvalue weighted by Gasteiger charge is -2.24. The van der Waals surface area contributed by atoms with Crippen molar-refractivity contribution in [3.63, 3.8) is 0 Å². The standard InChI is InChI=1S/C18H33N5O5S/c1-5-10(4)14(19)17(26)20-12-7-29-8-13(18(27)28)21-15(24)11(6-9(2)3)22-23-16(12)25/h9-14,22H,5-8,19H2,1-4H3,(H,20,26)(H,21,24)(H,23,25)(H,27,28)/t10?,11-,12?,13?,14-/m0/s1. The van der Waals surface area contributed by atoms with Crippen LogP contribution in [0.2, 0.25) is 0 Å². The van der Waals surface area contributed by atoms with Gasteiger partial charge in [-0.3, -0.25) is 19.8 Å². The highest BCUT2D eigenvalue weighted by atomic mass is 32.2. The van der Waals surface area contributed by atoms with Crippen molar-refractivity contribution in [1.29, 1.82) is 0 Å². The summed E-state index contributed by atoms with van der Waals surface area (Å²) < 4.78 is 0. The summed E-state index contributed by atoms with van der Waals surface area (Å²) in [5, 5.41) is 14.5. The second-order valence-electron chi connectivity index (χ2n) is 7.73. The molecule has 10 nitrogen and oxygen atoms in total. The SMILES string of the molecule is CCC(C)[C@H](N)C(=O)NC1CSCC(C(=O)O)NC(=O)[C@H](CC(C)C)NNC1=O. The van der Waals surface area contributed by atoms with E-state index in [0.717, 1.165) is 11.8 Å². The fourth-order valence-corrected chi connectivity index (χ4v) is 3.73. The Balaban J connectivity index is 2.97. The minimum atomic E-state index is -1.16. The maximum absolute atomic E-state index is 12.6. The number of carbonyl (C=O) groups is 4. The molecule has 3 amide bonds. The van der Waals surface area contributed by atoms with Gasteiger partial charge in [-0.25, -0.2) is 10.2 Å². The van der Waals surface area contributed by atoms with Gasteiger partial charge >= 0.3 is 5.97 Å². The molecule has 0 aromatic rings. The van der Waals surface area contributed by atoms with Crippen LogP contribution in [0.25, 0.3) is 0 Å². The molecule has 0 aromatic carbocycles. The third kappa shape index (κ3) is 8.19. The topological polar surface area (TPSA) is 163 Å². The molecule has 0 aliphatic carbocycles. The molecule has 29 heavy (non-hydrogen) atoms. The summed E-state index contributed by atoms with van der Waals surface area (Å²) in [7, 11) is 0. The van der Waals surface area contributed by atoms with Crippen molar-refractivity contribution >= 4 is 35.5 Å². The Labute approximate surface area is 175 Å². The second-order valence-corrected chi connectivity index (χ2v) is 8.80. The van der Waals surface area contributed by atoms with Crippen molar-refractivity contribution in [1.82, 2.24) is 21.5 Å². The first-order valence-corrected chi connectivity index (χ1v) is 10.9. The predicted octanol–water partition coefficient (Wildman–Crippen LogP) is -0.804. The first kappa shape index (κ1) is 25.2. The number of rotatable bonds is 7. The van der Waals surface area contributed by atoms with Crippen LogP contribution < -0.4 is 27.2 Å². The van der Waals surface area contributed by atoms with Crippen molar-refractivity contribution < 1.29 is 24.3 Å². The van der Waals surface area contributed by atoms with Gasteiger partial charge < -0.3 is 21.5 Å². The van der Waals surface area contributed by atoms with Crippen LogP contribution in [-0.4, -0.2) is 64.5 Å². The van der Waals surface area contributed by atoms with Gasteiger partial charge in [-0.15, -0.1) is 0 Å². The molecule has 1 aliphatic rings. The number of nitrogens with two attached hydrogens (primary N) is 1. The molecule has 0 radical (unpaired) electrons. The molecule has 0 aromatic heterocycles. The lowest BCUT2D eigenvalue weighted by Crippen LogP contribution is -2.59. The summed E-state index contributed by atoms with van der Waals surface area (Å²) in [6.45, 7) is 7.59. The quantitative estimate of drug-likeness (QED) is 0.305. The number of nitrogens with one attached hydrogen (secondary N) is 4. The third-order valence-corrected chi connectivity index (χ3v) is 5.91. The summed E-state index contributed by atoms with van der Waals surface area (Å²) in [5.74, 6) is -2.36. The maximum atomic E-state index is 12.6. The highest BCUT2D eigenvalue weighted by molar-refractivity contribution is 7.99. The van der Waals surface area contributed by atoms with E-state index in [2.05, 4.69) is 21.5 Å². The molecule has 7 N–H and O–H groups in total. The van der Waals surface area contributed by atoms with Crippen molar-refractivity contribution in [2.45, 2.75) is 64.7 Å². The van der Waals surface area contributed by atoms with E-state index in [1.165, 1.54) is 0 Å². The molecule has 11 heteroatoms. The number of thioether (sulfide) groups is 1. The number of carbonyl (C=O) groups excluding carboxylic acids is 3. The number of hydrogen-bond donors (Lipinski definition) is 6. The van der Waals surface area contributed by atoms with E-state index in [0.29, 0.717) is 12.8 Å². The number of hydrogen-bond acceptors (Lipinski definition) is 7. The lowest BCUT2D eigenvalue weighted by molar-refractivity contribution is -0.141. The van der Waals surface area contributed by atoms with Crippen molar-refractivity contribution in [3.8, 4) is 0 Å². The van der Waals surface area contributed by atoms with Crippen LogP contribution in [0.3, 0.4) is 0 Å². The zero-order chi connectivity index (χ0) is 22.1. The Morgan fingerprint density at radius 3 is 2.45 bits per heavy atom. The zero-order valence-electron chi connectivity index (χ0n) is 17.4. The summed E-state index contributed by atoms with van der Waals surface area (Å²) in [6, 6.07) is -3.58. The van der Waals surface area contributed by atoms with E-state index in [1.54, 1.807) is 0 Å². The van der Waals surface area contributed by atoms with Crippen LogP contribution in [0, 0.1) is 11.8 Å². The number of amides is 3. The van der Waals surface area contributed by atoms with Crippen molar-refractivity contribution in [2.24, 2.45) is 17.6 Å². The normalized spacial score (nSPS) is 25.9. The number of aliphatic carboxylic acids is 1. The average Bonchev–Trinajstić information content (AvgIpc) is 2.68.